The van der Waals surface area contributed by atoms with Crippen molar-refractivity contribution in [3.05, 3.63) is 53.9 Å². The van der Waals surface area contributed by atoms with Crippen LogP contribution in [0.5, 0.6) is 0 Å². The van der Waals surface area contributed by atoms with Crippen LogP contribution in [0.1, 0.15) is 11.1 Å². The molecule has 1 N–H and O–H groups in total. The number of hydrogen-bond acceptors (Lipinski definition) is 1. The van der Waals surface area contributed by atoms with Crippen LogP contribution in [-0.2, 0) is 0 Å². The van der Waals surface area contributed by atoms with Crippen LogP contribution in [0, 0.1) is 0 Å². The lowest BCUT2D eigenvalue weighted by Crippen LogP contribution is -2.07. The average Bonchev–Trinajstić information content (AvgIpc) is 2.80. The number of nitrogens with one attached hydrogen (secondary N) is 1. The minimum Gasteiger partial charge on any atom is -0.378 e. The third-order valence-corrected chi connectivity index (χ3v) is 2.50. The lowest BCUT2D eigenvalue weighted by Gasteiger charge is -2.11. The summed E-state index contributed by atoms with van der Waals surface area (Å²) >= 11 is 0. The van der Waals surface area contributed by atoms with Crippen molar-refractivity contribution in [2.45, 2.75) is 0 Å². The summed E-state index contributed by atoms with van der Waals surface area (Å²) in [5.74, 6) is 0. The molecular formula is C14H16N2. The van der Waals surface area contributed by atoms with Gasteiger partial charge in [-0.2, -0.15) is 0 Å². The lowest BCUT2D eigenvalue weighted by atomic mass is 10.1. The normalized spacial score (nSPS) is 10.9. The molecule has 82 valence electrons. The lowest BCUT2D eigenvalue weighted by molar-refractivity contribution is 1.13. The molecule has 0 saturated carbocycles. The number of nitrogens with zero attached hydrogens (tertiary/aromatic N) is 1. The molecule has 16 heavy (non-hydrogen) atoms. The molecule has 0 saturated heterocycles. The number of hydrogen-bond donors (Lipinski definition) is 1. The van der Waals surface area contributed by atoms with Gasteiger partial charge in [0.2, 0.25) is 0 Å². The Hall–Kier alpha value is -1.96. The van der Waals surface area contributed by atoms with Gasteiger partial charge in [0.15, 0.2) is 0 Å². The summed E-state index contributed by atoms with van der Waals surface area (Å²) < 4.78 is 0. The van der Waals surface area contributed by atoms with E-state index in [2.05, 4.69) is 46.3 Å². The molecule has 0 unspecified atom stereocenters. The first kappa shape index (κ1) is 10.6. The highest BCUT2D eigenvalue weighted by Crippen LogP contribution is 2.14. The molecule has 0 aliphatic rings. The highest BCUT2D eigenvalue weighted by Gasteiger charge is 1.93. The molecule has 0 atom stereocenters. The zero-order chi connectivity index (χ0) is 11.4. The maximum atomic E-state index is 3.03. The Kier molecular flexibility index (Phi) is 3.10. The first-order chi connectivity index (χ1) is 7.75. The van der Waals surface area contributed by atoms with Gasteiger partial charge < -0.3 is 9.88 Å². The van der Waals surface area contributed by atoms with Crippen LogP contribution in [0.4, 0.5) is 5.69 Å². The number of H-pyrrole nitrogens is 1. The highest BCUT2D eigenvalue weighted by molar-refractivity contribution is 5.70. The van der Waals surface area contributed by atoms with Gasteiger partial charge in [0.05, 0.1) is 0 Å². The van der Waals surface area contributed by atoms with Gasteiger partial charge >= 0.3 is 0 Å². The third-order valence-electron chi connectivity index (χ3n) is 2.50. The molecule has 0 bridgehead atoms. The van der Waals surface area contributed by atoms with E-state index >= 15 is 0 Å². The number of aromatic nitrogens is 1. The molecule has 1 aromatic carbocycles. The Labute approximate surface area is 96.2 Å². The molecule has 2 aromatic rings. The summed E-state index contributed by atoms with van der Waals surface area (Å²) in [5, 5.41) is 0. The van der Waals surface area contributed by atoms with E-state index in [1.54, 1.807) is 0 Å². The van der Waals surface area contributed by atoms with E-state index in [-0.39, 0.29) is 0 Å². The minimum atomic E-state index is 1.19. The van der Waals surface area contributed by atoms with Gasteiger partial charge in [0, 0.05) is 32.2 Å². The number of anilines is 1. The van der Waals surface area contributed by atoms with Crippen LogP contribution < -0.4 is 4.90 Å². The van der Waals surface area contributed by atoms with E-state index in [1.807, 2.05) is 32.6 Å². The molecule has 0 amide bonds. The van der Waals surface area contributed by atoms with Crippen molar-refractivity contribution in [3.8, 4) is 0 Å². The molecule has 0 radical (unpaired) electrons. The number of benzene rings is 1. The summed E-state index contributed by atoms with van der Waals surface area (Å²) in [6, 6.07) is 10.5. The van der Waals surface area contributed by atoms with Crippen molar-refractivity contribution in [2.24, 2.45) is 0 Å². The first-order valence-electron chi connectivity index (χ1n) is 5.34. The molecular weight excluding hydrogens is 196 g/mol. The van der Waals surface area contributed by atoms with Crippen molar-refractivity contribution in [1.82, 2.24) is 4.98 Å². The van der Waals surface area contributed by atoms with E-state index in [9.17, 15) is 0 Å². The minimum absolute atomic E-state index is 1.19. The quantitative estimate of drug-likeness (QED) is 0.827. The third kappa shape index (κ3) is 2.54. The van der Waals surface area contributed by atoms with Crippen LogP contribution >= 0.6 is 0 Å². The molecule has 0 aliphatic carbocycles. The smallest absolute Gasteiger partial charge is 0.0361 e. The molecule has 2 rings (SSSR count). The average molecular weight is 212 g/mol. The van der Waals surface area contributed by atoms with Gasteiger partial charge in [0.1, 0.15) is 0 Å². The van der Waals surface area contributed by atoms with Crippen molar-refractivity contribution in [2.75, 3.05) is 19.0 Å². The van der Waals surface area contributed by atoms with Gasteiger partial charge in [0.25, 0.3) is 0 Å². The first-order valence-corrected chi connectivity index (χ1v) is 5.34. The maximum Gasteiger partial charge on any atom is 0.0361 e. The van der Waals surface area contributed by atoms with Gasteiger partial charge in [-0.25, -0.2) is 0 Å². The fourth-order valence-electron chi connectivity index (χ4n) is 1.52. The Morgan fingerprint density at radius 2 is 1.62 bits per heavy atom. The van der Waals surface area contributed by atoms with Crippen LogP contribution in [0.15, 0.2) is 42.7 Å². The Bertz CT molecular complexity index is 450. The van der Waals surface area contributed by atoms with E-state index in [0.717, 1.165) is 0 Å². The van der Waals surface area contributed by atoms with Gasteiger partial charge in [-0.1, -0.05) is 24.3 Å². The van der Waals surface area contributed by atoms with E-state index in [4.69, 9.17) is 0 Å². The van der Waals surface area contributed by atoms with Crippen molar-refractivity contribution in [3.63, 3.8) is 0 Å². The zero-order valence-electron chi connectivity index (χ0n) is 9.64. The molecule has 2 heteroatoms. The van der Waals surface area contributed by atoms with E-state index in [0.29, 0.717) is 0 Å². The maximum absolute atomic E-state index is 3.03. The van der Waals surface area contributed by atoms with Crippen molar-refractivity contribution < 1.29 is 0 Å². The number of rotatable bonds is 3. The Balaban J connectivity index is 2.11. The predicted octanol–water partition coefficient (Wildman–Crippen LogP) is 3.25. The molecule has 2 nitrogen and oxygen atoms in total. The van der Waals surface area contributed by atoms with Crippen LogP contribution in [0.2, 0.25) is 0 Å². The summed E-state index contributed by atoms with van der Waals surface area (Å²) in [4.78, 5) is 5.13. The summed E-state index contributed by atoms with van der Waals surface area (Å²) in [5.41, 5.74) is 3.63. The van der Waals surface area contributed by atoms with Crippen molar-refractivity contribution >= 4 is 17.8 Å². The molecule has 1 heterocycles. The Morgan fingerprint density at radius 3 is 2.19 bits per heavy atom. The SMILES string of the molecule is CN(C)c1ccc(/C=C/c2cc[nH]c2)cc1. The second kappa shape index (κ2) is 4.71. The standard InChI is InChI=1S/C14H16N2/c1-16(2)14-7-5-12(6-8-14)3-4-13-9-10-15-11-13/h3-11,15H,1-2H3/b4-3+. The second-order valence-corrected chi connectivity index (χ2v) is 3.96. The molecule has 0 aliphatic heterocycles. The largest absolute Gasteiger partial charge is 0.378 e. The monoisotopic (exact) mass is 212 g/mol. The van der Waals surface area contributed by atoms with E-state index < -0.39 is 0 Å². The molecule has 1 aromatic heterocycles. The van der Waals surface area contributed by atoms with E-state index in [1.165, 1.54) is 16.8 Å². The summed E-state index contributed by atoms with van der Waals surface area (Å²) in [6.45, 7) is 0. The van der Waals surface area contributed by atoms with Crippen LogP contribution in [-0.4, -0.2) is 19.1 Å². The molecule has 0 spiro atoms. The van der Waals surface area contributed by atoms with Gasteiger partial charge in [-0.05, 0) is 29.3 Å². The van der Waals surface area contributed by atoms with Crippen LogP contribution in [0.25, 0.3) is 12.2 Å². The fourth-order valence-corrected chi connectivity index (χ4v) is 1.52. The van der Waals surface area contributed by atoms with Gasteiger partial charge in [-0.15, -0.1) is 0 Å². The predicted molar refractivity (Wildman–Crippen MR) is 70.5 cm³/mol. The Morgan fingerprint density at radius 1 is 0.938 bits per heavy atom. The fraction of sp³-hybridized carbons (Fsp3) is 0.143. The zero-order valence-corrected chi connectivity index (χ0v) is 9.64. The highest BCUT2D eigenvalue weighted by atomic mass is 15.1. The second-order valence-electron chi connectivity index (χ2n) is 3.96. The van der Waals surface area contributed by atoms with Crippen molar-refractivity contribution in [1.29, 1.82) is 0 Å². The van der Waals surface area contributed by atoms with Crippen LogP contribution in [0.3, 0.4) is 0 Å². The number of aromatic amines is 1. The molecule has 0 fully saturated rings. The summed E-state index contributed by atoms with van der Waals surface area (Å²) in [7, 11) is 4.09. The van der Waals surface area contributed by atoms with Gasteiger partial charge in [-0.3, -0.25) is 0 Å². The summed E-state index contributed by atoms with van der Waals surface area (Å²) in [6.07, 6.45) is 8.11. The topological polar surface area (TPSA) is 19.0 Å².